The van der Waals surface area contributed by atoms with Gasteiger partial charge in [-0.1, -0.05) is 13.3 Å². The van der Waals surface area contributed by atoms with Gasteiger partial charge < -0.3 is 21.3 Å². The van der Waals surface area contributed by atoms with Crippen molar-refractivity contribution in [3.63, 3.8) is 0 Å². The highest BCUT2D eigenvalue weighted by Crippen LogP contribution is 2.29. The standard InChI is InChI=1S/C14H28N4O2/c1-3-9(12-6-5-10(8-19)20-12)7-11(15)13(16)14(17)18-4-2/h9-12,16,19H,3-8,15H2,1-2H3,(H2,17,18). The van der Waals surface area contributed by atoms with E-state index in [9.17, 15) is 0 Å². The fraction of sp³-hybridized carbons (Fsp3) is 0.857. The lowest BCUT2D eigenvalue weighted by Crippen LogP contribution is -2.42. The summed E-state index contributed by atoms with van der Waals surface area (Å²) in [7, 11) is 0. The lowest BCUT2D eigenvalue weighted by molar-refractivity contribution is -0.0171. The molecule has 0 bridgehead atoms. The molecule has 4 atom stereocenters. The van der Waals surface area contributed by atoms with Crippen LogP contribution in [0.4, 0.5) is 0 Å². The van der Waals surface area contributed by atoms with Crippen molar-refractivity contribution >= 4 is 11.5 Å². The van der Waals surface area contributed by atoms with Crippen molar-refractivity contribution in [2.24, 2.45) is 22.4 Å². The van der Waals surface area contributed by atoms with Crippen LogP contribution in [-0.2, 0) is 4.74 Å². The third-order valence-corrected chi connectivity index (χ3v) is 3.93. The number of nitrogens with zero attached hydrogens (tertiary/aromatic N) is 1. The number of rotatable bonds is 8. The van der Waals surface area contributed by atoms with Crippen LogP contribution in [0.5, 0.6) is 0 Å². The fourth-order valence-electron chi connectivity index (χ4n) is 2.69. The predicted octanol–water partition coefficient (Wildman–Crippen LogP) is 0.667. The Bertz CT molecular complexity index is 346. The number of aliphatic imine (C=N–C) groups is 1. The molecule has 0 radical (unpaired) electrons. The maximum atomic E-state index is 9.12. The van der Waals surface area contributed by atoms with Gasteiger partial charge in [-0.3, -0.25) is 10.4 Å². The van der Waals surface area contributed by atoms with E-state index in [-0.39, 0.29) is 36.3 Å². The van der Waals surface area contributed by atoms with Gasteiger partial charge in [0.25, 0.3) is 0 Å². The normalized spacial score (nSPS) is 26.5. The summed E-state index contributed by atoms with van der Waals surface area (Å²) in [5, 5.41) is 17.1. The molecule has 0 aliphatic carbocycles. The molecule has 1 saturated heterocycles. The molecule has 0 spiro atoms. The molecule has 1 fully saturated rings. The molecule has 6 heteroatoms. The van der Waals surface area contributed by atoms with Crippen molar-refractivity contribution in [3.05, 3.63) is 0 Å². The van der Waals surface area contributed by atoms with Gasteiger partial charge >= 0.3 is 0 Å². The minimum atomic E-state index is -0.410. The minimum Gasteiger partial charge on any atom is -0.394 e. The highest BCUT2D eigenvalue weighted by molar-refractivity contribution is 6.41. The first-order valence-corrected chi connectivity index (χ1v) is 7.44. The van der Waals surface area contributed by atoms with Gasteiger partial charge in [-0.15, -0.1) is 0 Å². The predicted molar refractivity (Wildman–Crippen MR) is 81.2 cm³/mol. The fourth-order valence-corrected chi connectivity index (χ4v) is 2.69. The van der Waals surface area contributed by atoms with E-state index in [0.717, 1.165) is 19.3 Å². The first-order chi connectivity index (χ1) is 9.53. The van der Waals surface area contributed by atoms with Crippen LogP contribution in [0.25, 0.3) is 0 Å². The summed E-state index contributed by atoms with van der Waals surface area (Å²) in [4.78, 5) is 4.03. The second-order valence-electron chi connectivity index (χ2n) is 5.34. The van der Waals surface area contributed by atoms with Crippen LogP contribution in [-0.4, -0.2) is 48.1 Å². The van der Waals surface area contributed by atoms with Crippen molar-refractivity contribution in [3.8, 4) is 0 Å². The number of nitrogens with two attached hydrogens (primary N) is 2. The molecule has 0 aromatic carbocycles. The summed E-state index contributed by atoms with van der Waals surface area (Å²) >= 11 is 0. The van der Waals surface area contributed by atoms with Crippen LogP contribution in [0.3, 0.4) is 0 Å². The third kappa shape index (κ3) is 4.54. The van der Waals surface area contributed by atoms with Crippen LogP contribution >= 0.6 is 0 Å². The summed E-state index contributed by atoms with van der Waals surface area (Å²) in [6.07, 6.45) is 3.52. The van der Waals surface area contributed by atoms with E-state index in [1.807, 2.05) is 6.92 Å². The molecular weight excluding hydrogens is 256 g/mol. The van der Waals surface area contributed by atoms with Gasteiger partial charge in [0.15, 0.2) is 0 Å². The van der Waals surface area contributed by atoms with E-state index in [1.165, 1.54) is 0 Å². The van der Waals surface area contributed by atoms with E-state index >= 15 is 0 Å². The maximum Gasteiger partial charge on any atom is 0.141 e. The van der Waals surface area contributed by atoms with Crippen molar-refractivity contribution < 1.29 is 9.84 Å². The molecule has 0 saturated carbocycles. The largest absolute Gasteiger partial charge is 0.394 e. The van der Waals surface area contributed by atoms with Crippen LogP contribution in [0.2, 0.25) is 0 Å². The Morgan fingerprint density at radius 2 is 2.15 bits per heavy atom. The number of ether oxygens (including phenoxy) is 1. The number of aliphatic hydroxyl groups is 1. The molecule has 0 amide bonds. The highest BCUT2D eigenvalue weighted by Gasteiger charge is 2.32. The summed E-state index contributed by atoms with van der Waals surface area (Å²) < 4.78 is 5.81. The lowest BCUT2D eigenvalue weighted by atomic mass is 9.89. The summed E-state index contributed by atoms with van der Waals surface area (Å²) in [6.45, 7) is 4.61. The quantitative estimate of drug-likeness (QED) is 0.387. The molecule has 6 nitrogen and oxygen atoms in total. The molecule has 1 aliphatic rings. The first-order valence-electron chi connectivity index (χ1n) is 7.44. The SMILES string of the molecule is CCN=C(N)C(=N)C(N)CC(CC)C1CCC(CO)O1. The van der Waals surface area contributed by atoms with E-state index in [1.54, 1.807) is 0 Å². The van der Waals surface area contributed by atoms with Gasteiger partial charge in [0.2, 0.25) is 0 Å². The van der Waals surface area contributed by atoms with Gasteiger partial charge in [-0.05, 0) is 32.1 Å². The van der Waals surface area contributed by atoms with Crippen LogP contribution in [0.15, 0.2) is 4.99 Å². The number of hydrogen-bond donors (Lipinski definition) is 4. The highest BCUT2D eigenvalue weighted by atomic mass is 16.5. The zero-order chi connectivity index (χ0) is 15.1. The molecule has 6 N–H and O–H groups in total. The molecule has 0 aromatic rings. The smallest absolute Gasteiger partial charge is 0.141 e. The Morgan fingerprint density at radius 1 is 1.45 bits per heavy atom. The van der Waals surface area contributed by atoms with Gasteiger partial charge in [0, 0.05) is 6.54 Å². The number of hydrogen-bond acceptors (Lipinski definition) is 5. The van der Waals surface area contributed by atoms with Crippen LogP contribution in [0, 0.1) is 11.3 Å². The molecule has 4 unspecified atom stereocenters. The van der Waals surface area contributed by atoms with Gasteiger partial charge in [0.05, 0.1) is 30.6 Å². The lowest BCUT2D eigenvalue weighted by Gasteiger charge is -2.25. The monoisotopic (exact) mass is 284 g/mol. The first kappa shape index (κ1) is 17.1. The molecule has 116 valence electrons. The molecule has 20 heavy (non-hydrogen) atoms. The topological polar surface area (TPSA) is 118 Å². The summed E-state index contributed by atoms with van der Waals surface area (Å²) in [5.41, 5.74) is 12.0. The summed E-state index contributed by atoms with van der Waals surface area (Å²) in [6, 6.07) is -0.410. The zero-order valence-corrected chi connectivity index (χ0v) is 12.5. The van der Waals surface area contributed by atoms with E-state index in [0.29, 0.717) is 13.0 Å². The number of amidine groups is 1. The molecule has 1 aliphatic heterocycles. The summed E-state index contributed by atoms with van der Waals surface area (Å²) in [5.74, 6) is 0.520. The van der Waals surface area contributed by atoms with Crippen molar-refractivity contribution in [1.29, 1.82) is 5.41 Å². The van der Waals surface area contributed by atoms with Crippen molar-refractivity contribution in [1.82, 2.24) is 0 Å². The molecular formula is C14H28N4O2. The number of nitrogens with one attached hydrogen (secondary N) is 1. The average molecular weight is 284 g/mol. The maximum absolute atomic E-state index is 9.12. The second kappa shape index (κ2) is 8.34. The van der Waals surface area contributed by atoms with Crippen molar-refractivity contribution in [2.45, 2.75) is 57.8 Å². The van der Waals surface area contributed by atoms with Gasteiger partial charge in [-0.25, -0.2) is 0 Å². The Morgan fingerprint density at radius 3 is 2.65 bits per heavy atom. The zero-order valence-electron chi connectivity index (χ0n) is 12.5. The van der Waals surface area contributed by atoms with Crippen molar-refractivity contribution in [2.75, 3.05) is 13.2 Å². The Hall–Kier alpha value is -0.980. The second-order valence-corrected chi connectivity index (χ2v) is 5.34. The molecule has 1 heterocycles. The van der Waals surface area contributed by atoms with Gasteiger partial charge in [0.1, 0.15) is 5.84 Å². The van der Waals surface area contributed by atoms with E-state index in [2.05, 4.69) is 11.9 Å². The van der Waals surface area contributed by atoms with Crippen LogP contribution in [0.1, 0.15) is 39.5 Å². The number of aliphatic hydroxyl groups excluding tert-OH is 1. The van der Waals surface area contributed by atoms with E-state index < -0.39 is 6.04 Å². The minimum absolute atomic E-state index is 0.0450. The Kier molecular flexibility index (Phi) is 7.12. The Balaban J connectivity index is 2.56. The Labute approximate surface area is 121 Å². The van der Waals surface area contributed by atoms with E-state index in [4.69, 9.17) is 26.7 Å². The third-order valence-electron chi connectivity index (χ3n) is 3.93. The molecule has 0 aromatic heterocycles. The van der Waals surface area contributed by atoms with Gasteiger partial charge in [-0.2, -0.15) is 0 Å². The van der Waals surface area contributed by atoms with Crippen LogP contribution < -0.4 is 11.5 Å². The average Bonchev–Trinajstić information content (AvgIpc) is 2.92. The molecule has 1 rings (SSSR count).